The van der Waals surface area contributed by atoms with Crippen LogP contribution in [0.4, 0.5) is 0 Å². The average Bonchev–Trinajstić information content (AvgIpc) is 3.06. The second-order valence-corrected chi connectivity index (χ2v) is 5.50. The van der Waals surface area contributed by atoms with Crippen molar-refractivity contribution in [3.05, 3.63) is 77.7 Å². The monoisotopic (exact) mass is 373 g/mol. The zero-order chi connectivity index (χ0) is 17.9. The molecule has 0 fully saturated rings. The number of imidazole rings is 1. The Bertz CT molecular complexity index is 718. The number of nitrogens with zero attached hydrogens (tertiary/aromatic N) is 2. The van der Waals surface area contributed by atoms with Crippen molar-refractivity contribution in [2.45, 2.75) is 41.0 Å². The number of hydrogen-bond donors (Lipinski definition) is 0. The fourth-order valence-corrected chi connectivity index (χ4v) is 2.22. The van der Waals surface area contributed by atoms with E-state index in [0.29, 0.717) is 0 Å². The number of aryl methyl sites for hydroxylation is 4. The Balaban J connectivity index is 0.000000451. The smallest absolute Gasteiger partial charge is 0.0951 e. The maximum atomic E-state index is 4.35. The zero-order valence-corrected chi connectivity index (χ0v) is 17.5. The summed E-state index contributed by atoms with van der Waals surface area (Å²) in [5.41, 5.74) is 6.20. The third-order valence-electron chi connectivity index (χ3n) is 3.57. The molecule has 0 bridgehead atoms. The van der Waals surface area contributed by atoms with Gasteiger partial charge in [-0.1, -0.05) is 44.9 Å². The first-order chi connectivity index (χ1) is 11.6. The van der Waals surface area contributed by atoms with Crippen LogP contribution in [0.1, 0.15) is 37.5 Å². The van der Waals surface area contributed by atoms with E-state index >= 15 is 0 Å². The van der Waals surface area contributed by atoms with E-state index in [1.54, 1.807) is 0 Å². The number of aromatic nitrogens is 2. The van der Waals surface area contributed by atoms with Crippen LogP contribution in [-0.4, -0.2) is 9.55 Å². The van der Waals surface area contributed by atoms with Gasteiger partial charge in [-0.2, -0.15) is 35.9 Å². The second kappa shape index (κ2) is 12.5. The van der Waals surface area contributed by atoms with Gasteiger partial charge in [-0.15, -0.1) is 0 Å². The summed E-state index contributed by atoms with van der Waals surface area (Å²) >= 11 is 0. The predicted octanol–water partition coefficient (Wildman–Crippen LogP) is 5.78. The van der Waals surface area contributed by atoms with Crippen LogP contribution < -0.4 is 0 Å². The summed E-state index contributed by atoms with van der Waals surface area (Å²) in [4.78, 5) is 4.35. The van der Waals surface area contributed by atoms with Crippen molar-refractivity contribution in [2.75, 3.05) is 0 Å². The molecule has 0 aliphatic rings. The van der Waals surface area contributed by atoms with Crippen LogP contribution in [0.25, 0.3) is 11.3 Å². The molecule has 0 unspecified atom stereocenters. The zero-order valence-electron chi connectivity index (χ0n) is 16.2. The predicted molar refractivity (Wildman–Crippen MR) is 104 cm³/mol. The van der Waals surface area contributed by atoms with Gasteiger partial charge in [0.05, 0.1) is 12.0 Å². The van der Waals surface area contributed by atoms with Gasteiger partial charge in [0.25, 0.3) is 0 Å². The van der Waals surface area contributed by atoms with Crippen molar-refractivity contribution < 1.29 is 17.4 Å². The third kappa shape index (κ3) is 7.73. The van der Waals surface area contributed by atoms with Crippen LogP contribution >= 0.6 is 0 Å². The van der Waals surface area contributed by atoms with E-state index in [-0.39, 0.29) is 17.4 Å². The van der Waals surface area contributed by atoms with E-state index in [0.717, 1.165) is 12.1 Å². The minimum Gasteiger partial charge on any atom is -0.340 e. The van der Waals surface area contributed by atoms with Crippen molar-refractivity contribution in [3.63, 3.8) is 0 Å². The molecule has 0 atom stereocenters. The quantitative estimate of drug-likeness (QED) is 0.521. The van der Waals surface area contributed by atoms with Crippen LogP contribution in [0, 0.1) is 19.9 Å². The van der Waals surface area contributed by atoms with Gasteiger partial charge in [0.15, 0.2) is 0 Å². The molecule has 1 heterocycles. The van der Waals surface area contributed by atoms with Gasteiger partial charge >= 0.3 is 0 Å². The van der Waals surface area contributed by atoms with Crippen molar-refractivity contribution in [3.8, 4) is 11.3 Å². The van der Waals surface area contributed by atoms with E-state index in [2.05, 4.69) is 62.2 Å². The fraction of sp³-hybridized carbons (Fsp3) is 0.318. The molecular weight excluding hydrogens is 344 g/mol. The largest absolute Gasteiger partial charge is 0.340 e. The van der Waals surface area contributed by atoms with Crippen LogP contribution in [0.2, 0.25) is 0 Å². The van der Waals surface area contributed by atoms with Crippen LogP contribution in [-0.2, 0) is 30.8 Å². The van der Waals surface area contributed by atoms with Gasteiger partial charge in [0, 0.05) is 36.2 Å². The van der Waals surface area contributed by atoms with Crippen LogP contribution in [0.3, 0.4) is 0 Å². The molecule has 2 nitrogen and oxygen atoms in total. The second-order valence-electron chi connectivity index (χ2n) is 5.50. The summed E-state index contributed by atoms with van der Waals surface area (Å²) in [6.45, 7) is 10.4. The summed E-state index contributed by atoms with van der Waals surface area (Å²) in [7, 11) is 1.99. The molecule has 0 saturated heterocycles. The normalized spacial score (nSPS) is 9.04. The summed E-state index contributed by atoms with van der Waals surface area (Å²) in [5, 5.41) is 0. The summed E-state index contributed by atoms with van der Waals surface area (Å²) in [6.07, 6.45) is 4.99. The summed E-state index contributed by atoms with van der Waals surface area (Å²) in [6, 6.07) is 17.5. The summed E-state index contributed by atoms with van der Waals surface area (Å²) < 4.78 is 1.97. The average molecular weight is 373 g/mol. The number of hydrogen-bond acceptors (Lipinski definition) is 1. The van der Waals surface area contributed by atoms with Gasteiger partial charge in [0.1, 0.15) is 0 Å². The molecule has 3 rings (SSSR count). The molecule has 0 aliphatic heterocycles. The Morgan fingerprint density at radius 1 is 1.04 bits per heavy atom. The SMILES string of the molecule is CC.CCc1cc[c-]cc1.Cc1ccc(C)c(-c2cn(C)cn2)c1.[Cr]. The van der Waals surface area contributed by atoms with E-state index in [1.807, 2.05) is 50.1 Å². The van der Waals surface area contributed by atoms with Crippen molar-refractivity contribution in [1.82, 2.24) is 9.55 Å². The molecule has 0 aliphatic carbocycles. The van der Waals surface area contributed by atoms with E-state index in [1.165, 1.54) is 22.3 Å². The Labute approximate surface area is 164 Å². The van der Waals surface area contributed by atoms with Gasteiger partial charge < -0.3 is 4.57 Å². The summed E-state index contributed by atoms with van der Waals surface area (Å²) in [5.74, 6) is 0. The topological polar surface area (TPSA) is 17.8 Å². The first-order valence-electron chi connectivity index (χ1n) is 8.60. The van der Waals surface area contributed by atoms with Gasteiger partial charge in [0.2, 0.25) is 0 Å². The molecular formula is C22H29CrN2-. The van der Waals surface area contributed by atoms with Crippen molar-refractivity contribution >= 4 is 0 Å². The first-order valence-corrected chi connectivity index (χ1v) is 8.60. The maximum absolute atomic E-state index is 4.35. The third-order valence-corrected chi connectivity index (χ3v) is 3.57. The minimum atomic E-state index is 0. The minimum absolute atomic E-state index is 0. The number of benzene rings is 2. The van der Waals surface area contributed by atoms with E-state index < -0.39 is 0 Å². The fourth-order valence-electron chi connectivity index (χ4n) is 2.22. The first kappa shape index (κ1) is 23.2. The molecule has 3 aromatic rings. The molecule has 25 heavy (non-hydrogen) atoms. The van der Waals surface area contributed by atoms with Crippen molar-refractivity contribution in [1.29, 1.82) is 0 Å². The molecule has 0 N–H and O–H groups in total. The van der Waals surface area contributed by atoms with Crippen LogP contribution in [0.15, 0.2) is 55.0 Å². The standard InChI is InChI=1S/C12H14N2.C8H9.C2H6.Cr/c1-9-4-5-10(2)11(6-9)12-7-14(3)8-13-12;1-2-8-6-4-3-5-7-8;1-2;/h4-8H,1-3H3;4-7H,2H2,1H3;1-2H3;/q;-1;;. The van der Waals surface area contributed by atoms with Gasteiger partial charge in [-0.05, 0) is 25.5 Å². The molecule has 3 heteroatoms. The van der Waals surface area contributed by atoms with E-state index in [9.17, 15) is 0 Å². The van der Waals surface area contributed by atoms with E-state index in [4.69, 9.17) is 0 Å². The molecule has 0 amide bonds. The molecule has 134 valence electrons. The van der Waals surface area contributed by atoms with Gasteiger partial charge in [-0.25, -0.2) is 4.98 Å². The molecule has 0 saturated carbocycles. The maximum Gasteiger partial charge on any atom is 0.0951 e. The Kier molecular flexibility index (Phi) is 11.6. The molecule has 2 aromatic carbocycles. The Morgan fingerprint density at radius 2 is 1.68 bits per heavy atom. The molecule has 1 aromatic heterocycles. The van der Waals surface area contributed by atoms with Crippen LogP contribution in [0.5, 0.6) is 0 Å². The molecule has 0 radical (unpaired) electrons. The van der Waals surface area contributed by atoms with Gasteiger partial charge in [-0.3, -0.25) is 0 Å². The Hall–Kier alpha value is -1.82. The molecule has 0 spiro atoms. The Morgan fingerprint density at radius 3 is 2.16 bits per heavy atom. The van der Waals surface area contributed by atoms with Crippen molar-refractivity contribution in [2.24, 2.45) is 7.05 Å². The number of rotatable bonds is 2.